The summed E-state index contributed by atoms with van der Waals surface area (Å²) in [4.78, 5) is 0. The van der Waals surface area contributed by atoms with Crippen LogP contribution in [0.5, 0.6) is 0 Å². The van der Waals surface area contributed by atoms with Crippen LogP contribution in [0.2, 0.25) is 0 Å². The van der Waals surface area contributed by atoms with Crippen molar-refractivity contribution in [3.8, 4) is 0 Å². The summed E-state index contributed by atoms with van der Waals surface area (Å²) in [6.07, 6.45) is 2.03. The average Bonchev–Trinajstić information content (AvgIpc) is 2.39. The summed E-state index contributed by atoms with van der Waals surface area (Å²) in [6.45, 7) is 1.88. The van der Waals surface area contributed by atoms with Crippen molar-refractivity contribution in [3.05, 3.63) is 71.8 Å². The van der Waals surface area contributed by atoms with Crippen LogP contribution in [0.15, 0.2) is 60.7 Å². The molecule has 1 heterocycles. The van der Waals surface area contributed by atoms with Crippen LogP contribution in [0.4, 0.5) is 0 Å². The number of rotatable bonds is 1. The van der Waals surface area contributed by atoms with E-state index in [1.165, 1.54) is 12.8 Å². The summed E-state index contributed by atoms with van der Waals surface area (Å²) in [5, 5.41) is 10.6. The van der Waals surface area contributed by atoms with Gasteiger partial charge >= 0.3 is 118 Å². The minimum atomic E-state index is -0.842. The fourth-order valence-corrected chi connectivity index (χ4v) is 5.94. The van der Waals surface area contributed by atoms with Crippen molar-refractivity contribution in [3.63, 3.8) is 0 Å². The molecule has 2 heteroatoms. The van der Waals surface area contributed by atoms with Gasteiger partial charge in [-0.3, -0.25) is 0 Å². The van der Waals surface area contributed by atoms with Gasteiger partial charge in [0.15, 0.2) is 0 Å². The molecule has 1 aliphatic heterocycles. The van der Waals surface area contributed by atoms with Crippen molar-refractivity contribution in [2.45, 2.75) is 12.5 Å². The van der Waals surface area contributed by atoms with Crippen LogP contribution < -0.4 is 3.61 Å². The number of hydrogen-bond donors (Lipinski definition) is 1. The number of aliphatic hydroxyl groups is 1. The van der Waals surface area contributed by atoms with Crippen molar-refractivity contribution in [1.29, 1.82) is 0 Å². The van der Waals surface area contributed by atoms with E-state index in [-0.39, 0.29) is 0 Å². The molecule has 0 aromatic heterocycles. The Morgan fingerprint density at radius 3 is 2.39 bits per heavy atom. The normalized spacial score (nSPS) is 22.2. The van der Waals surface area contributed by atoms with Crippen molar-refractivity contribution in [2.24, 2.45) is 0 Å². The summed E-state index contributed by atoms with van der Waals surface area (Å²) in [5.74, 6) is 0. The maximum atomic E-state index is 10.6. The molecular weight excluding hydrogens is 336 g/mol. The van der Waals surface area contributed by atoms with E-state index in [2.05, 4.69) is 36.4 Å². The quantitative estimate of drug-likeness (QED) is 0.783. The Morgan fingerprint density at radius 2 is 1.61 bits per heavy atom. The van der Waals surface area contributed by atoms with Gasteiger partial charge in [0.25, 0.3) is 0 Å². The minimum absolute atomic E-state index is 0.407. The van der Waals surface area contributed by atoms with Crippen LogP contribution in [0.3, 0.4) is 0 Å². The Balaban J connectivity index is 2.10. The van der Waals surface area contributed by atoms with E-state index < -0.39 is 26.5 Å². The number of fused-ring (bicyclic) bond motifs is 1. The topological polar surface area (TPSA) is 20.2 Å². The second kappa shape index (κ2) is 4.55. The van der Waals surface area contributed by atoms with Crippen LogP contribution in [-0.2, 0) is 5.60 Å². The third-order valence-corrected chi connectivity index (χ3v) is 6.40. The van der Waals surface area contributed by atoms with E-state index >= 15 is 0 Å². The fraction of sp³-hybridized carbons (Fsp3) is 0.125. The van der Waals surface area contributed by atoms with Gasteiger partial charge in [-0.1, -0.05) is 0 Å². The first kappa shape index (κ1) is 12.0. The van der Waals surface area contributed by atoms with Crippen molar-refractivity contribution in [1.82, 2.24) is 0 Å². The van der Waals surface area contributed by atoms with Crippen LogP contribution >= 0.6 is 0 Å². The molecule has 0 radical (unpaired) electrons. The predicted octanol–water partition coefficient (Wildman–Crippen LogP) is 2.28. The van der Waals surface area contributed by atoms with Gasteiger partial charge in [-0.15, -0.1) is 0 Å². The molecule has 0 fully saturated rings. The van der Waals surface area contributed by atoms with E-state index in [4.69, 9.17) is 0 Å². The zero-order valence-corrected chi connectivity index (χ0v) is 12.5. The predicted molar refractivity (Wildman–Crippen MR) is 75.8 cm³/mol. The Kier molecular flexibility index (Phi) is 3.03. The average molecular weight is 350 g/mol. The van der Waals surface area contributed by atoms with Crippen LogP contribution in [0.1, 0.15) is 18.1 Å². The van der Waals surface area contributed by atoms with Gasteiger partial charge in [0.05, 0.1) is 0 Å². The van der Waals surface area contributed by atoms with E-state index in [9.17, 15) is 5.11 Å². The fourth-order valence-electron chi connectivity index (χ4n) is 2.20. The monoisotopic (exact) mass is 352 g/mol. The molecule has 0 amide bonds. The molecule has 1 aliphatic rings. The standard InChI is InChI=1S/C16H14OTe/c1-16(17)11-15(12-7-3-2-4-8-12)18-14-10-6-5-9-13(14)16/h2-11,17H,1H3. The Labute approximate surface area is 117 Å². The van der Waals surface area contributed by atoms with E-state index in [0.717, 1.165) is 5.56 Å². The second-order valence-corrected chi connectivity index (χ2v) is 7.71. The molecule has 0 spiro atoms. The van der Waals surface area contributed by atoms with Crippen molar-refractivity contribution >= 4 is 28.2 Å². The molecule has 2 aromatic rings. The Morgan fingerprint density at radius 1 is 0.944 bits per heavy atom. The van der Waals surface area contributed by atoms with Gasteiger partial charge < -0.3 is 0 Å². The molecule has 0 saturated carbocycles. The SMILES string of the molecule is CC1(O)C=C(c2ccccc2)[Te]c2ccccc21. The molecule has 3 rings (SSSR count). The summed E-state index contributed by atoms with van der Waals surface area (Å²) in [6, 6.07) is 18.6. The van der Waals surface area contributed by atoms with E-state index in [0.29, 0.717) is 0 Å². The van der Waals surface area contributed by atoms with Gasteiger partial charge in [-0.05, 0) is 0 Å². The molecule has 0 aliphatic carbocycles. The van der Waals surface area contributed by atoms with Crippen molar-refractivity contribution < 1.29 is 5.11 Å². The molecule has 1 N–H and O–H groups in total. The van der Waals surface area contributed by atoms with E-state index in [1.54, 1.807) is 0 Å². The molecular formula is C16H14OTe. The number of hydrogen-bond acceptors (Lipinski definition) is 1. The zero-order valence-electron chi connectivity index (χ0n) is 10.1. The first-order valence-electron chi connectivity index (χ1n) is 5.95. The molecule has 2 aromatic carbocycles. The summed E-state index contributed by atoms with van der Waals surface area (Å²) < 4.78 is 2.67. The van der Waals surface area contributed by atoms with Crippen molar-refractivity contribution in [2.75, 3.05) is 0 Å². The molecule has 1 unspecified atom stereocenters. The maximum absolute atomic E-state index is 10.6. The number of benzene rings is 2. The van der Waals surface area contributed by atoms with Gasteiger partial charge in [0, 0.05) is 0 Å². The Hall–Kier alpha value is -1.07. The van der Waals surface area contributed by atoms with Gasteiger partial charge in [-0.2, -0.15) is 0 Å². The summed E-state index contributed by atoms with van der Waals surface area (Å²) >= 11 is -0.407. The molecule has 90 valence electrons. The zero-order chi connectivity index (χ0) is 12.6. The summed E-state index contributed by atoms with van der Waals surface area (Å²) in [5.41, 5.74) is 1.48. The second-order valence-electron chi connectivity index (χ2n) is 4.62. The van der Waals surface area contributed by atoms with Gasteiger partial charge in [0.1, 0.15) is 0 Å². The first-order chi connectivity index (χ1) is 8.67. The molecule has 1 nitrogen and oxygen atoms in total. The Bertz CT molecular complexity index is 600. The molecule has 1 atom stereocenters. The first-order valence-corrected chi connectivity index (χ1v) is 8.28. The van der Waals surface area contributed by atoms with E-state index in [1.807, 2.05) is 31.2 Å². The van der Waals surface area contributed by atoms with Gasteiger partial charge in [0.2, 0.25) is 0 Å². The van der Waals surface area contributed by atoms with Crippen LogP contribution in [0, 0.1) is 0 Å². The van der Waals surface area contributed by atoms with Gasteiger partial charge in [-0.25, -0.2) is 0 Å². The summed E-state index contributed by atoms with van der Waals surface area (Å²) in [7, 11) is 0. The third-order valence-electron chi connectivity index (χ3n) is 3.12. The molecule has 0 bridgehead atoms. The molecule has 0 saturated heterocycles. The van der Waals surface area contributed by atoms with Crippen LogP contribution in [-0.4, -0.2) is 26.0 Å². The third kappa shape index (κ3) is 2.12. The molecule has 18 heavy (non-hydrogen) atoms. The van der Waals surface area contributed by atoms with Crippen LogP contribution in [0.25, 0.3) is 3.62 Å².